The summed E-state index contributed by atoms with van der Waals surface area (Å²) in [4.78, 5) is 4.65. The van der Waals surface area contributed by atoms with E-state index in [9.17, 15) is 5.11 Å². The first kappa shape index (κ1) is 18.1. The molecule has 0 bridgehead atoms. The Morgan fingerprint density at radius 1 is 1.24 bits per heavy atom. The van der Waals surface area contributed by atoms with Gasteiger partial charge in [0.2, 0.25) is 0 Å². The second kappa shape index (κ2) is 9.13. The minimum atomic E-state index is -0.327. The third-order valence-corrected chi connectivity index (χ3v) is 4.97. The molecule has 136 valence electrons. The number of likely N-dealkylation sites (N-methyl/N-ethyl adjacent to an activating group) is 1. The molecule has 2 aromatic rings. The van der Waals surface area contributed by atoms with Crippen LogP contribution in [0.4, 0.5) is 0 Å². The smallest absolute Gasteiger partial charge is 0.0793 e. The quantitative estimate of drug-likeness (QED) is 0.799. The van der Waals surface area contributed by atoms with Gasteiger partial charge in [-0.25, -0.2) is 0 Å². The van der Waals surface area contributed by atoms with Crippen molar-refractivity contribution in [2.24, 2.45) is 0 Å². The minimum Gasteiger partial charge on any atom is -0.390 e. The number of benzene rings is 1. The van der Waals surface area contributed by atoms with Crippen molar-refractivity contribution >= 4 is 0 Å². The molecular formula is C20H30N4O. The van der Waals surface area contributed by atoms with Crippen LogP contribution in [0.2, 0.25) is 0 Å². The summed E-state index contributed by atoms with van der Waals surface area (Å²) in [6, 6.07) is 12.9. The number of hydrogen-bond acceptors (Lipinski definition) is 4. The van der Waals surface area contributed by atoms with Crippen LogP contribution < -0.4 is 0 Å². The Labute approximate surface area is 150 Å². The number of hydrogen-bond donors (Lipinski definition) is 1. The maximum Gasteiger partial charge on any atom is 0.0793 e. The molecule has 1 saturated heterocycles. The van der Waals surface area contributed by atoms with Gasteiger partial charge in [-0.1, -0.05) is 36.8 Å². The van der Waals surface area contributed by atoms with Gasteiger partial charge in [0.25, 0.3) is 0 Å². The van der Waals surface area contributed by atoms with Crippen LogP contribution >= 0.6 is 0 Å². The lowest BCUT2D eigenvalue weighted by atomic mass is 10.0. The van der Waals surface area contributed by atoms with Crippen LogP contribution in [-0.4, -0.2) is 63.5 Å². The molecular weight excluding hydrogens is 312 g/mol. The van der Waals surface area contributed by atoms with Gasteiger partial charge in [0.05, 0.1) is 12.6 Å². The van der Waals surface area contributed by atoms with Crippen LogP contribution in [0.25, 0.3) is 0 Å². The van der Waals surface area contributed by atoms with Gasteiger partial charge in [-0.3, -0.25) is 14.5 Å². The van der Waals surface area contributed by atoms with Gasteiger partial charge in [0.1, 0.15) is 0 Å². The monoisotopic (exact) mass is 342 g/mol. The average Bonchev–Trinajstić information content (AvgIpc) is 3.10. The average molecular weight is 342 g/mol. The molecule has 0 aliphatic carbocycles. The molecule has 1 aromatic carbocycles. The predicted molar refractivity (Wildman–Crippen MR) is 100 cm³/mol. The summed E-state index contributed by atoms with van der Waals surface area (Å²) in [7, 11) is 2.08. The number of aromatic nitrogens is 2. The molecule has 5 heteroatoms. The first-order valence-corrected chi connectivity index (χ1v) is 9.33. The van der Waals surface area contributed by atoms with Crippen LogP contribution in [0, 0.1) is 0 Å². The zero-order valence-electron chi connectivity index (χ0n) is 15.2. The summed E-state index contributed by atoms with van der Waals surface area (Å²) in [5.74, 6) is 0. The Morgan fingerprint density at radius 3 is 2.84 bits per heavy atom. The maximum absolute atomic E-state index is 10.6. The number of piperidine rings is 1. The predicted octanol–water partition coefficient (Wildman–Crippen LogP) is 2.23. The number of aliphatic hydroxyl groups excluding tert-OH is 1. The normalized spacial score (nSPS) is 20.0. The summed E-state index contributed by atoms with van der Waals surface area (Å²) in [5.41, 5.74) is 1.28. The molecule has 1 aliphatic heterocycles. The summed E-state index contributed by atoms with van der Waals surface area (Å²) < 4.78 is 2.01. The highest BCUT2D eigenvalue weighted by Gasteiger charge is 2.25. The zero-order valence-corrected chi connectivity index (χ0v) is 15.2. The van der Waals surface area contributed by atoms with Crippen LogP contribution in [0.1, 0.15) is 24.8 Å². The van der Waals surface area contributed by atoms with Crippen LogP contribution in [0.15, 0.2) is 48.8 Å². The first-order chi connectivity index (χ1) is 12.2. The highest BCUT2D eigenvalue weighted by Crippen LogP contribution is 2.19. The highest BCUT2D eigenvalue weighted by molar-refractivity contribution is 5.14. The van der Waals surface area contributed by atoms with Crippen LogP contribution in [0.3, 0.4) is 0 Å². The van der Waals surface area contributed by atoms with E-state index in [-0.39, 0.29) is 6.10 Å². The van der Waals surface area contributed by atoms with Crippen molar-refractivity contribution in [3.63, 3.8) is 0 Å². The standard InChI is InChI=1S/C20H30N4O/c1-22(14-18-8-3-2-4-9-18)16-20(25)17-23-12-6-5-10-19(23)15-24-13-7-11-21-24/h2-4,7-9,11,13,19-20,25H,5-6,10,12,14-17H2,1H3/t19-,20-/m1/s1. The van der Waals surface area contributed by atoms with Gasteiger partial charge in [-0.05, 0) is 38.1 Å². The molecule has 0 spiro atoms. The molecule has 5 nitrogen and oxygen atoms in total. The van der Waals surface area contributed by atoms with Gasteiger partial charge < -0.3 is 5.11 Å². The van der Waals surface area contributed by atoms with E-state index in [1.54, 1.807) is 0 Å². The molecule has 1 aromatic heterocycles. The third kappa shape index (κ3) is 5.66. The number of β-amino-alcohol motifs (C(OH)–C–C–N with tert-alkyl or cyclic N) is 1. The molecule has 1 N–H and O–H groups in total. The van der Waals surface area contributed by atoms with Gasteiger partial charge in [-0.15, -0.1) is 0 Å². The van der Waals surface area contributed by atoms with E-state index in [1.807, 2.05) is 29.2 Å². The molecule has 2 atom stereocenters. The van der Waals surface area contributed by atoms with Gasteiger partial charge >= 0.3 is 0 Å². The number of aliphatic hydroxyl groups is 1. The fourth-order valence-electron chi connectivity index (χ4n) is 3.78. The van der Waals surface area contributed by atoms with E-state index < -0.39 is 0 Å². The molecule has 3 rings (SSSR count). The van der Waals surface area contributed by atoms with Gasteiger partial charge in [-0.2, -0.15) is 5.10 Å². The van der Waals surface area contributed by atoms with E-state index >= 15 is 0 Å². The maximum atomic E-state index is 10.6. The lowest BCUT2D eigenvalue weighted by Crippen LogP contribution is -2.47. The number of likely N-dealkylation sites (tertiary alicyclic amines) is 1. The molecule has 0 unspecified atom stereocenters. The lowest BCUT2D eigenvalue weighted by molar-refractivity contribution is 0.0422. The summed E-state index contributed by atoms with van der Waals surface area (Å²) in [6.07, 6.45) is 7.21. The molecule has 1 fully saturated rings. The number of nitrogens with zero attached hydrogens (tertiary/aromatic N) is 4. The van der Waals surface area contributed by atoms with E-state index in [0.717, 1.165) is 26.2 Å². The van der Waals surface area contributed by atoms with Crippen LogP contribution in [0.5, 0.6) is 0 Å². The Bertz CT molecular complexity index is 601. The SMILES string of the molecule is CN(Cc1ccccc1)C[C@@H](O)CN1CCCC[C@@H]1Cn1cccn1. The second-order valence-electron chi connectivity index (χ2n) is 7.21. The highest BCUT2D eigenvalue weighted by atomic mass is 16.3. The van der Waals surface area contributed by atoms with E-state index in [0.29, 0.717) is 12.6 Å². The van der Waals surface area contributed by atoms with Crippen molar-refractivity contribution in [3.8, 4) is 0 Å². The Morgan fingerprint density at radius 2 is 2.08 bits per heavy atom. The van der Waals surface area contributed by atoms with Gasteiger partial charge in [0.15, 0.2) is 0 Å². The largest absolute Gasteiger partial charge is 0.390 e. The summed E-state index contributed by atoms with van der Waals surface area (Å²) >= 11 is 0. The van der Waals surface area contributed by atoms with E-state index in [1.165, 1.54) is 24.8 Å². The van der Waals surface area contributed by atoms with E-state index in [4.69, 9.17) is 0 Å². The summed E-state index contributed by atoms with van der Waals surface area (Å²) in [6.45, 7) is 4.30. The fraction of sp³-hybridized carbons (Fsp3) is 0.550. The molecule has 0 amide bonds. The van der Waals surface area contributed by atoms with Crippen molar-refractivity contribution in [1.29, 1.82) is 0 Å². The van der Waals surface area contributed by atoms with Gasteiger partial charge in [0, 0.05) is 38.1 Å². The van der Waals surface area contributed by atoms with Crippen molar-refractivity contribution in [2.75, 3.05) is 26.7 Å². The molecule has 1 aliphatic rings. The van der Waals surface area contributed by atoms with Crippen molar-refractivity contribution < 1.29 is 5.11 Å². The molecule has 25 heavy (non-hydrogen) atoms. The first-order valence-electron chi connectivity index (χ1n) is 9.33. The van der Waals surface area contributed by atoms with Crippen molar-refractivity contribution in [2.45, 2.75) is 44.5 Å². The van der Waals surface area contributed by atoms with Crippen molar-refractivity contribution in [3.05, 3.63) is 54.4 Å². The van der Waals surface area contributed by atoms with E-state index in [2.05, 4.69) is 46.2 Å². The molecule has 0 saturated carbocycles. The topological polar surface area (TPSA) is 44.5 Å². The zero-order chi connectivity index (χ0) is 17.5. The molecule has 2 heterocycles. The Kier molecular flexibility index (Phi) is 6.62. The van der Waals surface area contributed by atoms with Crippen LogP contribution in [-0.2, 0) is 13.1 Å². The lowest BCUT2D eigenvalue weighted by Gasteiger charge is -2.37. The molecule has 0 radical (unpaired) electrons. The summed E-state index contributed by atoms with van der Waals surface area (Å²) in [5, 5.41) is 14.9. The third-order valence-electron chi connectivity index (χ3n) is 4.97. The number of rotatable bonds is 8. The Hall–Kier alpha value is -1.69. The fourth-order valence-corrected chi connectivity index (χ4v) is 3.78. The minimum absolute atomic E-state index is 0.327. The second-order valence-corrected chi connectivity index (χ2v) is 7.21. The van der Waals surface area contributed by atoms with Crippen molar-refractivity contribution in [1.82, 2.24) is 19.6 Å². The Balaban J connectivity index is 1.48.